The number of rotatable bonds is 8. The number of hydrogen-bond donors (Lipinski definition) is 2. The van der Waals surface area contributed by atoms with Crippen LogP contribution in [-0.4, -0.2) is 50.5 Å². The Morgan fingerprint density at radius 1 is 0.975 bits per heavy atom. The minimum Gasteiger partial charge on any atom is -0.497 e. The molecule has 3 aromatic carbocycles. The third-order valence-electron chi connectivity index (χ3n) is 5.65. The highest BCUT2D eigenvalue weighted by molar-refractivity contribution is 9.10. The van der Waals surface area contributed by atoms with Crippen molar-refractivity contribution in [2.45, 2.75) is 0 Å². The van der Waals surface area contributed by atoms with Gasteiger partial charge in [-0.3, -0.25) is 19.7 Å². The lowest BCUT2D eigenvalue weighted by atomic mass is 10.1. The minimum absolute atomic E-state index is 0.159. The fourth-order valence-corrected chi connectivity index (χ4v) is 4.17. The average Bonchev–Trinajstić information content (AvgIpc) is 2.95. The molecule has 12 heteroatoms. The topological polar surface area (TPSA) is 140 Å². The molecule has 1 saturated heterocycles. The number of carbonyl (C=O) groups excluding carboxylic acids is 5. The van der Waals surface area contributed by atoms with Crippen molar-refractivity contribution in [2.75, 3.05) is 31.0 Å². The van der Waals surface area contributed by atoms with Gasteiger partial charge in [-0.25, -0.2) is 14.5 Å². The number of ether oxygens (including phenoxy) is 3. The molecule has 0 aliphatic carbocycles. The summed E-state index contributed by atoms with van der Waals surface area (Å²) >= 11 is 3.37. The van der Waals surface area contributed by atoms with Crippen molar-refractivity contribution in [1.82, 2.24) is 5.32 Å². The first-order valence-electron chi connectivity index (χ1n) is 11.7. The number of halogens is 1. The predicted octanol–water partition coefficient (Wildman–Crippen LogP) is 3.93. The van der Waals surface area contributed by atoms with Crippen molar-refractivity contribution in [3.05, 3.63) is 87.9 Å². The molecular weight excluding hydrogens is 586 g/mol. The van der Waals surface area contributed by atoms with Crippen LogP contribution in [-0.2, 0) is 19.1 Å². The van der Waals surface area contributed by atoms with Crippen molar-refractivity contribution in [2.24, 2.45) is 0 Å². The van der Waals surface area contributed by atoms with E-state index >= 15 is 0 Å². The highest BCUT2D eigenvalue weighted by Crippen LogP contribution is 2.28. The quantitative estimate of drug-likeness (QED) is 0.223. The Morgan fingerprint density at radius 2 is 1.68 bits per heavy atom. The van der Waals surface area contributed by atoms with Crippen molar-refractivity contribution in [1.29, 1.82) is 0 Å². The van der Waals surface area contributed by atoms with Crippen LogP contribution in [0.1, 0.15) is 15.9 Å². The van der Waals surface area contributed by atoms with Crippen LogP contribution in [0.4, 0.5) is 16.2 Å². The maximum absolute atomic E-state index is 13.1. The molecule has 1 fully saturated rings. The summed E-state index contributed by atoms with van der Waals surface area (Å²) in [5.41, 5.74) is 1.14. The number of carbonyl (C=O) groups is 5. The van der Waals surface area contributed by atoms with Crippen LogP contribution in [0.25, 0.3) is 6.08 Å². The molecule has 0 bridgehead atoms. The van der Waals surface area contributed by atoms with Gasteiger partial charge in [-0.2, -0.15) is 0 Å². The number of nitrogens with one attached hydrogen (secondary N) is 2. The zero-order valence-corrected chi connectivity index (χ0v) is 22.8. The summed E-state index contributed by atoms with van der Waals surface area (Å²) in [4.78, 5) is 62.8. The number of urea groups is 1. The lowest BCUT2D eigenvalue weighted by Crippen LogP contribution is -2.54. The Morgan fingerprint density at radius 3 is 2.30 bits per heavy atom. The average molecular weight is 608 g/mol. The Hall–Kier alpha value is -4.97. The second-order valence-corrected chi connectivity index (χ2v) is 9.11. The van der Waals surface area contributed by atoms with Crippen LogP contribution in [0, 0.1) is 0 Å². The van der Waals surface area contributed by atoms with Gasteiger partial charge < -0.3 is 19.5 Å². The summed E-state index contributed by atoms with van der Waals surface area (Å²) in [5, 5.41) is 4.85. The van der Waals surface area contributed by atoms with Gasteiger partial charge in [-0.15, -0.1) is 0 Å². The van der Waals surface area contributed by atoms with E-state index in [-0.39, 0.29) is 29.3 Å². The molecule has 11 nitrogen and oxygen atoms in total. The number of esters is 1. The van der Waals surface area contributed by atoms with E-state index in [9.17, 15) is 24.0 Å². The zero-order chi connectivity index (χ0) is 28.8. The number of amides is 5. The molecule has 0 unspecified atom stereocenters. The maximum Gasteiger partial charge on any atom is 0.337 e. The molecule has 0 radical (unpaired) electrons. The lowest BCUT2D eigenvalue weighted by Gasteiger charge is -2.26. The summed E-state index contributed by atoms with van der Waals surface area (Å²) < 4.78 is 15.8. The van der Waals surface area contributed by atoms with Gasteiger partial charge in [0.25, 0.3) is 17.7 Å². The fraction of sp³-hybridized carbons (Fsp3) is 0.107. The van der Waals surface area contributed by atoms with Gasteiger partial charge >= 0.3 is 12.0 Å². The van der Waals surface area contributed by atoms with Gasteiger partial charge in [-0.05, 0) is 88.2 Å². The molecule has 4 rings (SSSR count). The number of benzene rings is 3. The molecule has 0 spiro atoms. The molecule has 5 amide bonds. The Bertz CT molecular complexity index is 1520. The molecule has 3 aromatic rings. The van der Waals surface area contributed by atoms with E-state index in [0.717, 1.165) is 4.90 Å². The first-order chi connectivity index (χ1) is 19.2. The molecule has 204 valence electrons. The van der Waals surface area contributed by atoms with E-state index in [1.54, 1.807) is 49.6 Å². The molecule has 0 saturated carbocycles. The van der Waals surface area contributed by atoms with Gasteiger partial charge in [0.2, 0.25) is 0 Å². The monoisotopic (exact) mass is 607 g/mol. The minimum atomic E-state index is -0.921. The SMILES string of the molecule is COC(=O)c1ccc(N2C(=O)NC(=O)/C(=C/c3ccc(OCC(=O)Nc4ccc(OC)cc4)c(Br)c3)C2=O)cc1. The number of imide groups is 2. The molecule has 1 aliphatic heterocycles. The van der Waals surface area contributed by atoms with E-state index < -0.39 is 23.8 Å². The summed E-state index contributed by atoms with van der Waals surface area (Å²) in [6.07, 6.45) is 1.32. The van der Waals surface area contributed by atoms with Crippen LogP contribution in [0.15, 0.2) is 76.8 Å². The normalized spacial score (nSPS) is 14.0. The number of hydrogen-bond acceptors (Lipinski definition) is 8. The third-order valence-corrected chi connectivity index (χ3v) is 6.27. The van der Waals surface area contributed by atoms with Crippen molar-refractivity contribution >= 4 is 63.1 Å². The lowest BCUT2D eigenvalue weighted by molar-refractivity contribution is -0.122. The summed E-state index contributed by atoms with van der Waals surface area (Å²) in [6, 6.07) is 16.2. The van der Waals surface area contributed by atoms with Crippen molar-refractivity contribution < 1.29 is 38.2 Å². The Kier molecular flexibility index (Phi) is 8.60. The highest BCUT2D eigenvalue weighted by atomic mass is 79.9. The molecular formula is C28H22BrN3O8. The van der Waals surface area contributed by atoms with E-state index in [1.807, 2.05) is 0 Å². The summed E-state index contributed by atoms with van der Waals surface area (Å²) in [5.74, 6) is -1.64. The summed E-state index contributed by atoms with van der Waals surface area (Å²) in [7, 11) is 2.78. The highest BCUT2D eigenvalue weighted by Gasteiger charge is 2.36. The van der Waals surface area contributed by atoms with Crippen LogP contribution in [0.2, 0.25) is 0 Å². The largest absolute Gasteiger partial charge is 0.497 e. The van der Waals surface area contributed by atoms with E-state index in [1.165, 1.54) is 37.5 Å². The first-order valence-corrected chi connectivity index (χ1v) is 12.5. The van der Waals surface area contributed by atoms with E-state index in [0.29, 0.717) is 27.2 Å². The molecule has 0 aromatic heterocycles. The van der Waals surface area contributed by atoms with Gasteiger partial charge in [0.05, 0.1) is 29.9 Å². The number of barbiturate groups is 1. The predicted molar refractivity (Wildman–Crippen MR) is 148 cm³/mol. The van der Waals surface area contributed by atoms with Crippen molar-refractivity contribution in [3.8, 4) is 11.5 Å². The summed E-state index contributed by atoms with van der Waals surface area (Å²) in [6.45, 7) is -0.266. The second kappa shape index (κ2) is 12.3. The molecule has 1 heterocycles. The van der Waals surface area contributed by atoms with Gasteiger partial charge in [0.15, 0.2) is 6.61 Å². The zero-order valence-electron chi connectivity index (χ0n) is 21.2. The van der Waals surface area contributed by atoms with Crippen LogP contribution in [0.3, 0.4) is 0 Å². The van der Waals surface area contributed by atoms with Crippen LogP contribution < -0.4 is 25.0 Å². The first kappa shape index (κ1) is 28.0. The van der Waals surface area contributed by atoms with Crippen LogP contribution in [0.5, 0.6) is 11.5 Å². The van der Waals surface area contributed by atoms with Gasteiger partial charge in [0.1, 0.15) is 17.1 Å². The number of methoxy groups -OCH3 is 2. The van der Waals surface area contributed by atoms with Gasteiger partial charge in [0, 0.05) is 5.69 Å². The third kappa shape index (κ3) is 6.35. The maximum atomic E-state index is 13.1. The van der Waals surface area contributed by atoms with Crippen LogP contribution >= 0.6 is 15.9 Å². The second-order valence-electron chi connectivity index (χ2n) is 8.25. The molecule has 1 aliphatic rings. The molecule has 2 N–H and O–H groups in total. The van der Waals surface area contributed by atoms with Crippen molar-refractivity contribution in [3.63, 3.8) is 0 Å². The molecule has 0 atom stereocenters. The fourth-order valence-electron chi connectivity index (χ4n) is 3.66. The van der Waals surface area contributed by atoms with Gasteiger partial charge in [-0.1, -0.05) is 6.07 Å². The van der Waals surface area contributed by atoms with E-state index in [2.05, 4.69) is 31.3 Å². The van der Waals surface area contributed by atoms with E-state index in [4.69, 9.17) is 9.47 Å². The Labute approximate surface area is 236 Å². The Balaban J connectivity index is 1.45. The molecule has 40 heavy (non-hydrogen) atoms. The number of anilines is 2. The smallest absolute Gasteiger partial charge is 0.337 e. The number of nitrogens with zero attached hydrogens (tertiary/aromatic N) is 1. The standard InChI is InChI=1S/C28H22BrN3O8/c1-38-20-10-6-18(7-11-20)30-24(33)15-40-23-12-3-16(14-22(23)29)13-21-25(34)31-28(37)32(26(21)35)19-8-4-17(5-9-19)27(36)39-2/h3-14H,15H2,1-2H3,(H,30,33)(H,31,34,37)/b21-13-.